The molecule has 7 heteroatoms. The van der Waals surface area contributed by atoms with Crippen molar-refractivity contribution in [1.29, 1.82) is 0 Å². The van der Waals surface area contributed by atoms with Gasteiger partial charge in [-0.1, -0.05) is 48.2 Å². The third kappa shape index (κ3) is 5.58. The normalized spacial score (nSPS) is 17.5. The average molecular weight is 453 g/mol. The number of aryl methyl sites for hydroxylation is 4. The Morgan fingerprint density at radius 3 is 2.16 bits per heavy atom. The Balaban J connectivity index is 1.82. The quantitative estimate of drug-likeness (QED) is 0.674. The van der Waals surface area contributed by atoms with Crippen LogP contribution in [-0.2, 0) is 9.59 Å². The van der Waals surface area contributed by atoms with E-state index in [1.165, 1.54) is 11.8 Å². The topological polar surface area (TPSA) is 65.0 Å². The fourth-order valence-corrected chi connectivity index (χ4v) is 4.85. The number of aliphatic imine (C=N–C) groups is 1. The molecule has 170 valence electrons. The minimum Gasteiger partial charge on any atom is -0.326 e. The highest BCUT2D eigenvalue weighted by Crippen LogP contribution is 2.34. The Bertz CT molecular complexity index is 1010. The number of nitrogens with one attached hydrogen (secondary N) is 1. The first-order valence-electron chi connectivity index (χ1n) is 10.8. The van der Waals surface area contributed by atoms with Crippen LogP contribution in [-0.4, -0.2) is 59.2 Å². The van der Waals surface area contributed by atoms with Crippen molar-refractivity contribution >= 4 is 40.1 Å². The van der Waals surface area contributed by atoms with Crippen LogP contribution in [0, 0.1) is 27.7 Å². The maximum atomic E-state index is 13.2. The van der Waals surface area contributed by atoms with Crippen LogP contribution < -0.4 is 5.32 Å². The largest absolute Gasteiger partial charge is 0.326 e. The van der Waals surface area contributed by atoms with E-state index in [2.05, 4.69) is 5.32 Å². The van der Waals surface area contributed by atoms with Gasteiger partial charge in [0.05, 0.1) is 5.69 Å². The smallest absolute Gasteiger partial charge is 0.242 e. The van der Waals surface area contributed by atoms with Crippen molar-refractivity contribution in [3.8, 4) is 0 Å². The van der Waals surface area contributed by atoms with Crippen LogP contribution >= 0.6 is 11.8 Å². The van der Waals surface area contributed by atoms with Crippen molar-refractivity contribution < 1.29 is 9.59 Å². The predicted molar refractivity (Wildman–Crippen MR) is 134 cm³/mol. The minimum absolute atomic E-state index is 0.0570. The van der Waals surface area contributed by atoms with E-state index in [0.717, 1.165) is 40.2 Å². The first-order chi connectivity index (χ1) is 15.2. The van der Waals surface area contributed by atoms with E-state index < -0.39 is 5.25 Å². The first-order valence-corrected chi connectivity index (χ1v) is 11.7. The number of likely N-dealkylation sites (N-methyl/N-ethyl adjacent to an activating group) is 1. The molecule has 0 aromatic heterocycles. The number of nitrogens with zero attached hydrogens (tertiary/aromatic N) is 3. The van der Waals surface area contributed by atoms with Gasteiger partial charge in [0.1, 0.15) is 5.25 Å². The summed E-state index contributed by atoms with van der Waals surface area (Å²) in [6.45, 7) is 9.24. The number of thioether (sulfide) groups is 1. The van der Waals surface area contributed by atoms with E-state index in [-0.39, 0.29) is 18.2 Å². The zero-order chi connectivity index (χ0) is 23.4. The van der Waals surface area contributed by atoms with E-state index in [9.17, 15) is 9.59 Å². The van der Waals surface area contributed by atoms with Gasteiger partial charge in [0.2, 0.25) is 11.8 Å². The number of hydrogen-bond donors (Lipinski definition) is 1. The highest BCUT2D eigenvalue weighted by molar-refractivity contribution is 8.15. The second kappa shape index (κ2) is 10.3. The lowest BCUT2D eigenvalue weighted by Crippen LogP contribution is -2.38. The van der Waals surface area contributed by atoms with Crippen molar-refractivity contribution in [1.82, 2.24) is 9.80 Å². The molecule has 6 nitrogen and oxygen atoms in total. The molecule has 1 saturated heterocycles. The van der Waals surface area contributed by atoms with Crippen LogP contribution in [0.25, 0.3) is 0 Å². The number of rotatable bonds is 7. The van der Waals surface area contributed by atoms with E-state index >= 15 is 0 Å². The molecule has 1 aliphatic heterocycles. The predicted octanol–water partition coefficient (Wildman–Crippen LogP) is 4.44. The van der Waals surface area contributed by atoms with Gasteiger partial charge in [-0.2, -0.15) is 0 Å². The summed E-state index contributed by atoms with van der Waals surface area (Å²) in [6, 6.07) is 12.0. The SMILES string of the molecule is Cc1cccc(C)c1N=C1S[C@H](CC(=O)Nc2c(C)cccc2C)C(=O)N1CCN(C)C. The first kappa shape index (κ1) is 24.0. The molecule has 0 saturated carbocycles. The number of para-hydroxylation sites is 2. The monoisotopic (exact) mass is 452 g/mol. The molecular weight excluding hydrogens is 420 g/mol. The van der Waals surface area contributed by atoms with E-state index in [0.29, 0.717) is 11.7 Å². The number of anilines is 1. The van der Waals surface area contributed by atoms with Crippen molar-refractivity contribution in [2.75, 3.05) is 32.5 Å². The zero-order valence-corrected chi connectivity index (χ0v) is 20.5. The third-order valence-corrected chi connectivity index (χ3v) is 6.73. The molecule has 2 aromatic carbocycles. The van der Waals surface area contributed by atoms with Crippen molar-refractivity contribution in [2.24, 2.45) is 4.99 Å². The Kier molecular flexibility index (Phi) is 7.74. The maximum absolute atomic E-state index is 13.2. The number of carbonyl (C=O) groups is 2. The molecule has 1 atom stereocenters. The highest BCUT2D eigenvalue weighted by Gasteiger charge is 2.39. The molecule has 1 N–H and O–H groups in total. The Hall–Kier alpha value is -2.64. The standard InChI is InChI=1S/C25H32N4O2S/c1-16-9-7-10-17(2)22(16)26-21(30)15-20-24(31)29(14-13-28(5)6)25(32-20)27-23-18(3)11-8-12-19(23)4/h7-12,20H,13-15H2,1-6H3,(H,26,30)/t20-/m1/s1. The summed E-state index contributed by atoms with van der Waals surface area (Å²) >= 11 is 1.39. The molecule has 0 spiro atoms. The van der Waals surface area contributed by atoms with Gasteiger partial charge in [0, 0.05) is 25.2 Å². The van der Waals surface area contributed by atoms with Crippen LogP contribution in [0.3, 0.4) is 0 Å². The zero-order valence-electron chi connectivity index (χ0n) is 19.7. The number of hydrogen-bond acceptors (Lipinski definition) is 5. The lowest BCUT2D eigenvalue weighted by atomic mass is 10.1. The number of carbonyl (C=O) groups excluding carboxylic acids is 2. The summed E-state index contributed by atoms with van der Waals surface area (Å²) in [5.41, 5.74) is 5.85. The van der Waals surface area contributed by atoms with Crippen LogP contribution in [0.4, 0.5) is 11.4 Å². The van der Waals surface area contributed by atoms with Crippen molar-refractivity contribution in [3.05, 3.63) is 58.7 Å². The molecule has 0 unspecified atom stereocenters. The molecule has 0 bridgehead atoms. The third-order valence-electron chi connectivity index (χ3n) is 5.55. The number of amides is 2. The lowest BCUT2D eigenvalue weighted by molar-refractivity contribution is -0.128. The molecule has 2 aromatic rings. The van der Waals surface area contributed by atoms with Gasteiger partial charge in [-0.15, -0.1) is 0 Å². The summed E-state index contributed by atoms with van der Waals surface area (Å²) in [5, 5.41) is 3.19. The fraction of sp³-hybridized carbons (Fsp3) is 0.400. The molecule has 0 radical (unpaired) electrons. The summed E-state index contributed by atoms with van der Waals surface area (Å²) in [7, 11) is 3.96. The Morgan fingerprint density at radius 2 is 1.59 bits per heavy atom. The molecule has 32 heavy (non-hydrogen) atoms. The van der Waals surface area contributed by atoms with Gasteiger partial charge in [0.25, 0.3) is 0 Å². The van der Waals surface area contributed by atoms with Crippen LogP contribution in [0.5, 0.6) is 0 Å². The molecule has 1 aliphatic rings. The molecule has 3 rings (SSSR count). The molecule has 1 fully saturated rings. The molecule has 2 amide bonds. The molecular formula is C25H32N4O2S. The molecule has 1 heterocycles. The van der Waals surface area contributed by atoms with E-state index in [4.69, 9.17) is 4.99 Å². The second-order valence-electron chi connectivity index (χ2n) is 8.55. The summed E-state index contributed by atoms with van der Waals surface area (Å²) in [6.07, 6.45) is 0.113. The van der Waals surface area contributed by atoms with Gasteiger partial charge < -0.3 is 10.2 Å². The van der Waals surface area contributed by atoms with Gasteiger partial charge in [-0.3, -0.25) is 14.5 Å². The van der Waals surface area contributed by atoms with Gasteiger partial charge in [0.15, 0.2) is 5.17 Å². The lowest BCUT2D eigenvalue weighted by Gasteiger charge is -2.19. The van der Waals surface area contributed by atoms with Crippen LogP contribution in [0.2, 0.25) is 0 Å². The number of amidine groups is 1. The summed E-state index contributed by atoms with van der Waals surface area (Å²) < 4.78 is 0. The van der Waals surface area contributed by atoms with E-state index in [1.54, 1.807) is 4.90 Å². The highest BCUT2D eigenvalue weighted by atomic mass is 32.2. The number of benzene rings is 2. The van der Waals surface area contributed by atoms with Crippen LogP contribution in [0.15, 0.2) is 41.4 Å². The molecule has 0 aliphatic carbocycles. The maximum Gasteiger partial charge on any atom is 0.242 e. The summed E-state index contributed by atoms with van der Waals surface area (Å²) in [5.74, 6) is -0.215. The Morgan fingerprint density at radius 1 is 1.03 bits per heavy atom. The van der Waals surface area contributed by atoms with E-state index in [1.807, 2.05) is 83.1 Å². The fourth-order valence-electron chi connectivity index (χ4n) is 3.68. The van der Waals surface area contributed by atoms with Gasteiger partial charge >= 0.3 is 0 Å². The average Bonchev–Trinajstić information content (AvgIpc) is 3.00. The van der Waals surface area contributed by atoms with Crippen molar-refractivity contribution in [3.63, 3.8) is 0 Å². The minimum atomic E-state index is -0.482. The summed E-state index contributed by atoms with van der Waals surface area (Å²) in [4.78, 5) is 34.7. The Labute approximate surface area is 195 Å². The van der Waals surface area contributed by atoms with Gasteiger partial charge in [-0.05, 0) is 64.0 Å². The van der Waals surface area contributed by atoms with Crippen molar-refractivity contribution in [2.45, 2.75) is 39.4 Å². The van der Waals surface area contributed by atoms with Crippen LogP contribution in [0.1, 0.15) is 28.7 Å². The second-order valence-corrected chi connectivity index (χ2v) is 9.72. The van der Waals surface area contributed by atoms with Gasteiger partial charge in [-0.25, -0.2) is 4.99 Å².